The summed E-state index contributed by atoms with van der Waals surface area (Å²) in [5, 5.41) is 0. The molecule has 4 heteroatoms. The first-order valence-electron chi connectivity index (χ1n) is 7.03. The van der Waals surface area contributed by atoms with E-state index in [1.54, 1.807) is 6.07 Å². The van der Waals surface area contributed by atoms with Crippen LogP contribution in [0.1, 0.15) is 47.1 Å². The van der Waals surface area contributed by atoms with Crippen LogP contribution in [0.5, 0.6) is 0 Å². The van der Waals surface area contributed by atoms with Gasteiger partial charge in [-0.25, -0.2) is 4.79 Å². The maximum Gasteiger partial charge on any atom is 0.351 e. The third kappa shape index (κ3) is 3.45. The number of hydrogen-bond acceptors (Lipinski definition) is 2. The van der Waals surface area contributed by atoms with Crippen molar-refractivity contribution in [2.45, 2.75) is 58.2 Å². The van der Waals surface area contributed by atoms with Crippen LogP contribution in [0.3, 0.4) is 0 Å². The highest BCUT2D eigenvalue weighted by atomic mass is 79.9. The first-order valence-corrected chi connectivity index (χ1v) is 10.1. The van der Waals surface area contributed by atoms with E-state index in [9.17, 15) is 4.79 Å². The summed E-state index contributed by atoms with van der Waals surface area (Å²) < 4.78 is 5.69. The first kappa shape index (κ1) is 17.3. The van der Waals surface area contributed by atoms with Crippen LogP contribution in [-0.4, -0.2) is 8.07 Å². The second kappa shape index (κ2) is 6.78. The van der Waals surface area contributed by atoms with Crippen LogP contribution in [0.2, 0.25) is 16.6 Å². The Kier molecular flexibility index (Phi) is 5.85. The third-order valence-electron chi connectivity index (χ3n) is 4.06. The van der Waals surface area contributed by atoms with E-state index in [2.05, 4.69) is 68.9 Å². The van der Waals surface area contributed by atoms with Gasteiger partial charge in [-0.3, -0.25) is 0 Å². The van der Waals surface area contributed by atoms with E-state index >= 15 is 0 Å². The zero-order chi connectivity index (χ0) is 15.5. The highest BCUT2D eigenvalue weighted by Crippen LogP contribution is 2.40. The lowest BCUT2D eigenvalue weighted by molar-refractivity contribution is 0.505. The summed E-state index contributed by atoms with van der Waals surface area (Å²) in [6, 6.07) is 1.74. The Hall–Kier alpha value is -0.793. The Morgan fingerprint density at radius 1 is 1.10 bits per heavy atom. The highest BCUT2D eigenvalue weighted by molar-refractivity contribution is 9.10. The fourth-order valence-electron chi connectivity index (χ4n) is 3.10. The van der Waals surface area contributed by atoms with Crippen molar-refractivity contribution in [1.82, 2.24) is 0 Å². The summed E-state index contributed by atoms with van der Waals surface area (Å²) in [6.07, 6.45) is 1.39. The van der Waals surface area contributed by atoms with Crippen LogP contribution < -0.4 is 5.63 Å². The summed E-state index contributed by atoms with van der Waals surface area (Å²) in [5.41, 5.74) is 5.26. The molecule has 0 bridgehead atoms. The highest BCUT2D eigenvalue weighted by Gasteiger charge is 2.41. The van der Waals surface area contributed by atoms with Crippen LogP contribution >= 0.6 is 15.9 Å². The summed E-state index contributed by atoms with van der Waals surface area (Å²) >= 11 is 3.31. The standard InChI is InChI=1S/C16H23BrO2Si/c1-11(2)20(12(3)4,13(5)6)8-7-14-9-15(17)10-19-16(14)18/h9-13H,1-6H3. The Bertz CT molecular complexity index is 554. The maximum atomic E-state index is 11.7. The molecule has 1 rings (SSSR count). The predicted octanol–water partition coefficient (Wildman–Crippen LogP) is 4.97. The van der Waals surface area contributed by atoms with E-state index < -0.39 is 8.07 Å². The molecule has 0 saturated carbocycles. The molecular weight excluding hydrogens is 332 g/mol. The topological polar surface area (TPSA) is 30.2 Å². The van der Waals surface area contributed by atoms with Crippen molar-refractivity contribution in [3.05, 3.63) is 32.8 Å². The molecule has 0 aliphatic carbocycles. The molecule has 0 aromatic carbocycles. The van der Waals surface area contributed by atoms with Gasteiger partial charge in [0.1, 0.15) is 19.9 Å². The molecule has 0 saturated heterocycles. The van der Waals surface area contributed by atoms with Crippen molar-refractivity contribution in [3.8, 4) is 11.5 Å². The molecule has 1 aromatic heterocycles. The molecule has 0 aliphatic rings. The van der Waals surface area contributed by atoms with Gasteiger partial charge >= 0.3 is 5.63 Å². The van der Waals surface area contributed by atoms with E-state index in [0.717, 1.165) is 4.47 Å². The van der Waals surface area contributed by atoms with Crippen molar-refractivity contribution in [3.63, 3.8) is 0 Å². The van der Waals surface area contributed by atoms with E-state index in [1.165, 1.54) is 6.26 Å². The van der Waals surface area contributed by atoms with Crippen molar-refractivity contribution >= 4 is 24.0 Å². The maximum absolute atomic E-state index is 11.7. The monoisotopic (exact) mass is 354 g/mol. The molecular formula is C16H23BrO2Si. The second-order valence-corrected chi connectivity index (χ2v) is 12.6. The van der Waals surface area contributed by atoms with Crippen LogP contribution in [0, 0.1) is 11.5 Å². The van der Waals surface area contributed by atoms with Crippen LogP contribution in [0.25, 0.3) is 0 Å². The van der Waals surface area contributed by atoms with E-state index in [1.807, 2.05) is 0 Å². The Labute approximate surface area is 131 Å². The van der Waals surface area contributed by atoms with Gasteiger partial charge in [0.25, 0.3) is 0 Å². The van der Waals surface area contributed by atoms with Crippen molar-refractivity contribution < 1.29 is 4.42 Å². The molecule has 1 aromatic rings. The zero-order valence-electron chi connectivity index (χ0n) is 13.1. The minimum atomic E-state index is -1.81. The quantitative estimate of drug-likeness (QED) is 0.566. The SMILES string of the molecule is CC(C)[Si](C#Cc1cc(Br)coc1=O)(C(C)C)C(C)C. The molecule has 110 valence electrons. The first-order chi connectivity index (χ1) is 9.21. The molecule has 0 unspecified atom stereocenters. The summed E-state index contributed by atoms with van der Waals surface area (Å²) in [6.45, 7) is 13.5. The molecule has 0 fully saturated rings. The molecule has 0 amide bonds. The average molecular weight is 355 g/mol. The lowest BCUT2D eigenvalue weighted by Crippen LogP contribution is -2.43. The van der Waals surface area contributed by atoms with Crippen molar-refractivity contribution in [1.29, 1.82) is 0 Å². The fourth-order valence-corrected chi connectivity index (χ4v) is 8.64. The van der Waals surface area contributed by atoms with Gasteiger partial charge in [-0.2, -0.15) is 0 Å². The van der Waals surface area contributed by atoms with E-state index in [-0.39, 0.29) is 5.63 Å². The predicted molar refractivity (Wildman–Crippen MR) is 90.6 cm³/mol. The van der Waals surface area contributed by atoms with Gasteiger partial charge < -0.3 is 4.42 Å². The smallest absolute Gasteiger partial charge is 0.351 e. The van der Waals surface area contributed by atoms with E-state index in [0.29, 0.717) is 22.2 Å². The molecule has 0 atom stereocenters. The zero-order valence-corrected chi connectivity index (χ0v) is 15.7. The molecule has 20 heavy (non-hydrogen) atoms. The van der Waals surface area contributed by atoms with E-state index in [4.69, 9.17) is 4.42 Å². The molecule has 0 spiro atoms. The summed E-state index contributed by atoms with van der Waals surface area (Å²) in [7, 11) is -1.81. The largest absolute Gasteiger partial charge is 0.429 e. The Morgan fingerprint density at radius 2 is 1.60 bits per heavy atom. The molecule has 2 nitrogen and oxygen atoms in total. The van der Waals surface area contributed by atoms with Crippen LogP contribution in [0.15, 0.2) is 26.0 Å². The van der Waals surface area contributed by atoms with Crippen molar-refractivity contribution in [2.75, 3.05) is 0 Å². The Morgan fingerprint density at radius 3 is 2.05 bits per heavy atom. The van der Waals surface area contributed by atoms with Crippen LogP contribution in [-0.2, 0) is 0 Å². The lowest BCUT2D eigenvalue weighted by Gasteiger charge is -2.38. The number of hydrogen-bond donors (Lipinski definition) is 0. The minimum Gasteiger partial charge on any atom is -0.429 e. The van der Waals surface area contributed by atoms with Gasteiger partial charge in [0, 0.05) is 0 Å². The molecule has 0 radical (unpaired) electrons. The fraction of sp³-hybridized carbons (Fsp3) is 0.562. The summed E-state index contributed by atoms with van der Waals surface area (Å²) in [5.74, 6) is 3.11. The normalized spacial score (nSPS) is 11.9. The second-order valence-electron chi connectivity index (χ2n) is 6.11. The minimum absolute atomic E-state index is 0.361. The van der Waals surface area contributed by atoms with Gasteiger partial charge in [0.05, 0.1) is 4.47 Å². The molecule has 0 N–H and O–H groups in total. The van der Waals surface area contributed by atoms with Gasteiger partial charge in [-0.05, 0) is 38.6 Å². The molecule has 0 aliphatic heterocycles. The summed E-state index contributed by atoms with van der Waals surface area (Å²) in [4.78, 5) is 11.7. The average Bonchev–Trinajstić information content (AvgIpc) is 2.32. The van der Waals surface area contributed by atoms with Gasteiger partial charge in [0.15, 0.2) is 0 Å². The van der Waals surface area contributed by atoms with Gasteiger partial charge in [0.2, 0.25) is 0 Å². The number of halogens is 1. The van der Waals surface area contributed by atoms with Crippen LogP contribution in [0.4, 0.5) is 0 Å². The van der Waals surface area contributed by atoms with Gasteiger partial charge in [-0.1, -0.05) is 47.5 Å². The number of rotatable bonds is 3. The van der Waals surface area contributed by atoms with Crippen molar-refractivity contribution in [2.24, 2.45) is 0 Å². The molecule has 1 heterocycles. The lowest BCUT2D eigenvalue weighted by atomic mass is 10.3. The third-order valence-corrected chi connectivity index (χ3v) is 10.8. The van der Waals surface area contributed by atoms with Gasteiger partial charge in [-0.15, -0.1) is 5.54 Å². The Balaban J connectivity index is 3.38.